The van der Waals surface area contributed by atoms with E-state index in [2.05, 4.69) is 39.2 Å². The molecule has 10 N–H and O–H groups in total. The van der Waals surface area contributed by atoms with Crippen molar-refractivity contribution in [2.45, 2.75) is 62.4 Å². The number of hydrogen-bond donors (Lipinski definition) is 4. The first-order chi connectivity index (χ1) is 11.6. The van der Waals surface area contributed by atoms with Gasteiger partial charge in [-0.25, -0.2) is 16.8 Å². The fourth-order valence-corrected chi connectivity index (χ4v) is 2.32. The molecule has 12 heteroatoms. The van der Waals surface area contributed by atoms with Gasteiger partial charge in [0.15, 0.2) is 0 Å². The summed E-state index contributed by atoms with van der Waals surface area (Å²) < 4.78 is 64.0. The molecule has 0 saturated heterocycles. The van der Waals surface area contributed by atoms with Gasteiger partial charge in [-0.3, -0.25) is 0 Å². The van der Waals surface area contributed by atoms with Crippen LogP contribution in [0.1, 0.15) is 40.5 Å². The molecule has 1 aromatic rings. The zero-order valence-corrected chi connectivity index (χ0v) is 17.2. The Morgan fingerprint density at radius 2 is 1.08 bits per heavy atom. The second-order valence-electron chi connectivity index (χ2n) is 5.86. The lowest BCUT2D eigenvalue weighted by Gasteiger charge is -2.15. The normalized spacial score (nSPS) is 13.5. The van der Waals surface area contributed by atoms with E-state index in [0.717, 1.165) is 6.07 Å². The van der Waals surface area contributed by atoms with E-state index in [1.54, 1.807) is 0 Å². The smallest absolute Gasteiger partial charge is 0.126 e. The third-order valence-corrected chi connectivity index (χ3v) is 4.86. The summed E-state index contributed by atoms with van der Waals surface area (Å²) in [5.74, 6) is 0. The summed E-state index contributed by atoms with van der Waals surface area (Å²) in [6, 6.07) is 2.36. The van der Waals surface area contributed by atoms with Gasteiger partial charge < -0.3 is 32.0 Å². The Kier molecular flexibility index (Phi) is 11.7. The van der Waals surface area contributed by atoms with Gasteiger partial charge in [-0.15, -0.1) is 0 Å². The van der Waals surface area contributed by atoms with Gasteiger partial charge in [-0.1, -0.05) is 13.8 Å². The summed E-state index contributed by atoms with van der Waals surface area (Å²) >= 11 is 0. The maximum atomic E-state index is 10.7. The summed E-state index contributed by atoms with van der Waals surface area (Å²) in [4.78, 5) is -1.98. The molecule has 2 atom stereocenters. The molecule has 0 aliphatic heterocycles. The minimum Gasteiger partial charge on any atom is -0.744 e. The van der Waals surface area contributed by atoms with E-state index in [9.17, 15) is 25.9 Å². The van der Waals surface area contributed by atoms with Crippen LogP contribution < -0.4 is 22.9 Å². The summed E-state index contributed by atoms with van der Waals surface area (Å²) in [5, 5.41) is 0. The lowest BCUT2D eigenvalue weighted by atomic mass is 10.3. The number of nitrogens with two attached hydrogens (primary N) is 2. The Morgan fingerprint density at radius 3 is 1.23 bits per heavy atom. The second kappa shape index (κ2) is 11.3. The van der Waals surface area contributed by atoms with Gasteiger partial charge in [-0.05, 0) is 38.8 Å². The number of hydrogen-bond acceptors (Lipinski definition) is 8. The van der Waals surface area contributed by atoms with Crippen molar-refractivity contribution in [3.63, 3.8) is 0 Å². The van der Waals surface area contributed by atoms with Gasteiger partial charge >= 0.3 is 0 Å². The summed E-state index contributed by atoms with van der Waals surface area (Å²) in [6.07, 6.45) is 2.39. The van der Waals surface area contributed by atoms with Gasteiger partial charge in [0.2, 0.25) is 0 Å². The van der Waals surface area contributed by atoms with Gasteiger partial charge in [-0.2, -0.15) is 0 Å². The number of anilines is 2. The topological polar surface area (TPSA) is 222 Å². The quantitative estimate of drug-likeness (QED) is 0.342. The van der Waals surface area contributed by atoms with Crippen LogP contribution in [-0.2, 0) is 20.2 Å². The molecule has 10 nitrogen and oxygen atoms in total. The molecule has 1 rings (SSSR count). The van der Waals surface area contributed by atoms with Gasteiger partial charge in [0, 0.05) is 0 Å². The molecular weight excluding hydrogens is 384 g/mol. The highest BCUT2D eigenvalue weighted by Crippen LogP contribution is 2.27. The van der Waals surface area contributed by atoms with Crippen LogP contribution in [0.15, 0.2) is 21.9 Å². The minimum atomic E-state index is -4.97. The van der Waals surface area contributed by atoms with Crippen molar-refractivity contribution >= 4 is 31.6 Å². The number of benzene rings is 1. The van der Waals surface area contributed by atoms with Crippen LogP contribution in [0.2, 0.25) is 0 Å². The second-order valence-corrected chi connectivity index (χ2v) is 8.56. The largest absolute Gasteiger partial charge is 0.744 e. The van der Waals surface area contributed by atoms with E-state index in [1.165, 1.54) is 12.8 Å². The molecule has 2 unspecified atom stereocenters. The Morgan fingerprint density at radius 1 is 0.846 bits per heavy atom. The fraction of sp³-hybridized carbons (Fsp3) is 0.571. The van der Waals surface area contributed by atoms with Crippen molar-refractivity contribution in [2.24, 2.45) is 0 Å². The fourth-order valence-electron chi connectivity index (χ4n) is 1.03. The first kappa shape index (κ1) is 26.8. The van der Waals surface area contributed by atoms with Crippen LogP contribution in [0.4, 0.5) is 11.4 Å². The van der Waals surface area contributed by atoms with Crippen molar-refractivity contribution < 1.29 is 37.4 Å². The zero-order valence-electron chi connectivity index (χ0n) is 15.6. The molecular formula is C14H30N4O6S2. The Hall–Kier alpha value is -1.44. The highest BCUT2D eigenvalue weighted by atomic mass is 32.2. The average Bonchev–Trinajstić information content (AvgIpc) is 2.45. The van der Waals surface area contributed by atoms with Crippen LogP contribution in [-0.4, -0.2) is 38.0 Å². The van der Waals surface area contributed by atoms with E-state index in [0.29, 0.717) is 18.2 Å². The Labute approximate surface area is 155 Å². The molecule has 26 heavy (non-hydrogen) atoms. The molecule has 0 spiro atoms. The molecule has 0 amide bonds. The van der Waals surface area contributed by atoms with Crippen LogP contribution in [0.3, 0.4) is 0 Å². The van der Waals surface area contributed by atoms with Gasteiger partial charge in [0.05, 0.1) is 33.2 Å². The lowest BCUT2D eigenvalue weighted by molar-refractivity contribution is -0.414. The third kappa shape index (κ3) is 11.2. The zero-order chi connectivity index (χ0) is 21.3. The molecule has 0 saturated carbocycles. The van der Waals surface area contributed by atoms with Crippen molar-refractivity contribution in [2.75, 3.05) is 11.5 Å². The molecule has 1 aromatic carbocycles. The number of quaternary nitrogens is 2. The van der Waals surface area contributed by atoms with Gasteiger partial charge in [0.1, 0.15) is 20.2 Å². The monoisotopic (exact) mass is 414 g/mol. The molecule has 0 fully saturated rings. The summed E-state index contributed by atoms with van der Waals surface area (Å²) in [7, 11) is -9.93. The number of rotatable bonds is 4. The van der Waals surface area contributed by atoms with E-state index >= 15 is 0 Å². The van der Waals surface area contributed by atoms with E-state index in [4.69, 9.17) is 11.5 Å². The lowest BCUT2D eigenvalue weighted by Crippen LogP contribution is -2.58. The molecule has 0 aliphatic rings. The van der Waals surface area contributed by atoms with Crippen molar-refractivity contribution in [3.05, 3.63) is 12.1 Å². The van der Waals surface area contributed by atoms with Crippen molar-refractivity contribution in [1.29, 1.82) is 0 Å². The highest BCUT2D eigenvalue weighted by Gasteiger charge is 2.14. The van der Waals surface area contributed by atoms with Crippen molar-refractivity contribution in [1.82, 2.24) is 0 Å². The van der Waals surface area contributed by atoms with Crippen LogP contribution in [0, 0.1) is 0 Å². The molecule has 0 aromatic heterocycles. The molecule has 0 heterocycles. The standard InChI is InChI=1S/C6H8N2O6S2.2C4H11N/c7-3-1-4(8)6(16(12,13)14)2-5(3)15(9,10)11;2*1-3-4(2)5/h1-2H,7-8H2,(H,9,10,11)(H,12,13,14);2*4H,3,5H2,1-2H3. The molecule has 154 valence electrons. The molecule has 0 radical (unpaired) electrons. The first-order valence-electron chi connectivity index (χ1n) is 7.84. The van der Waals surface area contributed by atoms with E-state index in [-0.39, 0.29) is 0 Å². The first-order valence-corrected chi connectivity index (χ1v) is 10.7. The number of nitrogen functional groups attached to an aromatic ring is 2. The summed E-state index contributed by atoms with van der Waals surface area (Å²) in [6.45, 7) is 8.50. The Bertz CT molecular complexity index is 701. The third-order valence-electron chi connectivity index (χ3n) is 3.07. The van der Waals surface area contributed by atoms with Crippen molar-refractivity contribution in [3.8, 4) is 0 Å². The molecule has 0 bridgehead atoms. The molecule has 0 aliphatic carbocycles. The van der Waals surface area contributed by atoms with Crippen LogP contribution in [0.25, 0.3) is 0 Å². The predicted octanol–water partition coefficient (Wildman–Crippen LogP) is -1.29. The van der Waals surface area contributed by atoms with E-state index in [1.807, 2.05) is 0 Å². The van der Waals surface area contributed by atoms with E-state index < -0.39 is 41.4 Å². The summed E-state index contributed by atoms with van der Waals surface area (Å²) in [5.41, 5.74) is 16.8. The predicted molar refractivity (Wildman–Crippen MR) is 96.5 cm³/mol. The Balaban J connectivity index is 0. The highest BCUT2D eigenvalue weighted by molar-refractivity contribution is 7.86. The maximum Gasteiger partial charge on any atom is 0.126 e. The average molecular weight is 415 g/mol. The SMILES string of the molecule is CCC(C)[NH3+].CCC(C)[NH3+].Nc1cc(N)c(S(=O)(=O)[O-])cc1S(=O)(=O)[O-]. The van der Waals surface area contributed by atoms with Crippen LogP contribution in [0.5, 0.6) is 0 Å². The minimum absolute atomic E-state index is 0.356. The van der Waals surface area contributed by atoms with Gasteiger partial charge in [0.25, 0.3) is 0 Å². The maximum absolute atomic E-state index is 10.7. The van der Waals surface area contributed by atoms with Crippen LogP contribution >= 0.6 is 0 Å².